The zero-order valence-electron chi connectivity index (χ0n) is 13.1. The van der Waals surface area contributed by atoms with E-state index in [0.29, 0.717) is 10.7 Å². The molecule has 0 radical (unpaired) electrons. The number of piperazine rings is 1. The number of rotatable bonds is 4. The number of aromatic nitrogens is 2. The molecule has 2 aromatic rings. The van der Waals surface area contributed by atoms with Crippen molar-refractivity contribution in [1.82, 2.24) is 14.9 Å². The Morgan fingerprint density at radius 1 is 1.35 bits per heavy atom. The molecule has 0 spiro atoms. The Hall–Kier alpha value is -2.05. The second-order valence-corrected chi connectivity index (χ2v) is 5.86. The Labute approximate surface area is 140 Å². The summed E-state index contributed by atoms with van der Waals surface area (Å²) >= 11 is 6.41. The van der Waals surface area contributed by atoms with Crippen LogP contribution in [0.3, 0.4) is 0 Å². The monoisotopic (exact) mass is 333 g/mol. The molecule has 3 rings (SSSR count). The third kappa shape index (κ3) is 3.48. The molecule has 0 atom stereocenters. The highest BCUT2D eigenvalue weighted by molar-refractivity contribution is 6.34. The van der Waals surface area contributed by atoms with E-state index in [0.717, 1.165) is 38.4 Å². The quantitative estimate of drug-likeness (QED) is 0.902. The molecule has 2 N–H and O–H groups in total. The molecule has 1 aromatic heterocycles. The molecule has 2 heterocycles. The van der Waals surface area contributed by atoms with E-state index >= 15 is 0 Å². The van der Waals surface area contributed by atoms with Crippen molar-refractivity contribution in [3.8, 4) is 0 Å². The number of benzene rings is 1. The standard InChI is InChI=1S/C16H20ClN5O/c1-2-21-8-10-22(11-9-21)14-12(17)4-3-5-13(14)20-16(23)15-18-6-7-19-15/h3-7H,2,8-11H2,1H3,(H,18,19)(H,20,23). The Morgan fingerprint density at radius 2 is 2.13 bits per heavy atom. The lowest BCUT2D eigenvalue weighted by molar-refractivity contribution is 0.101. The number of imidazole rings is 1. The van der Waals surface area contributed by atoms with Gasteiger partial charge >= 0.3 is 0 Å². The third-order valence-electron chi connectivity index (χ3n) is 4.08. The van der Waals surface area contributed by atoms with E-state index < -0.39 is 0 Å². The van der Waals surface area contributed by atoms with Crippen molar-refractivity contribution in [1.29, 1.82) is 0 Å². The first-order chi connectivity index (χ1) is 11.2. The second kappa shape index (κ2) is 7.02. The van der Waals surface area contributed by atoms with Crippen LogP contribution in [-0.2, 0) is 0 Å². The fourth-order valence-corrected chi connectivity index (χ4v) is 3.09. The van der Waals surface area contributed by atoms with Gasteiger partial charge in [0.2, 0.25) is 0 Å². The predicted molar refractivity (Wildman–Crippen MR) is 92.3 cm³/mol. The summed E-state index contributed by atoms with van der Waals surface area (Å²) in [5, 5.41) is 3.55. The number of H-pyrrole nitrogens is 1. The van der Waals surface area contributed by atoms with Crippen LogP contribution in [0.1, 0.15) is 17.5 Å². The van der Waals surface area contributed by atoms with Gasteiger partial charge in [-0.1, -0.05) is 24.6 Å². The summed E-state index contributed by atoms with van der Waals surface area (Å²) in [7, 11) is 0. The second-order valence-electron chi connectivity index (χ2n) is 5.45. The topological polar surface area (TPSA) is 64.3 Å². The number of amides is 1. The molecule has 1 aromatic carbocycles. The van der Waals surface area contributed by atoms with E-state index in [2.05, 4.69) is 32.0 Å². The summed E-state index contributed by atoms with van der Waals surface area (Å²) in [4.78, 5) is 23.7. The lowest BCUT2D eigenvalue weighted by Crippen LogP contribution is -2.46. The molecule has 0 saturated carbocycles. The van der Waals surface area contributed by atoms with Crippen molar-refractivity contribution in [2.75, 3.05) is 42.9 Å². The average molecular weight is 334 g/mol. The molecule has 0 aliphatic carbocycles. The van der Waals surface area contributed by atoms with E-state index in [-0.39, 0.29) is 11.7 Å². The highest BCUT2D eigenvalue weighted by Gasteiger charge is 2.21. The molecular weight excluding hydrogens is 314 g/mol. The van der Waals surface area contributed by atoms with E-state index in [1.807, 2.05) is 18.2 Å². The van der Waals surface area contributed by atoms with Gasteiger partial charge in [-0.25, -0.2) is 4.98 Å². The third-order valence-corrected chi connectivity index (χ3v) is 4.39. The number of carbonyl (C=O) groups is 1. The Balaban J connectivity index is 1.81. The fourth-order valence-electron chi connectivity index (χ4n) is 2.80. The molecule has 122 valence electrons. The van der Waals surface area contributed by atoms with Crippen molar-refractivity contribution in [2.24, 2.45) is 0 Å². The molecule has 1 aliphatic heterocycles. The summed E-state index contributed by atoms with van der Waals surface area (Å²) in [5.41, 5.74) is 1.59. The van der Waals surface area contributed by atoms with Gasteiger partial charge in [-0.15, -0.1) is 0 Å². The molecule has 1 saturated heterocycles. The Kier molecular flexibility index (Phi) is 4.83. The van der Waals surface area contributed by atoms with Crippen LogP contribution in [0, 0.1) is 0 Å². The molecule has 1 fully saturated rings. The molecule has 1 aliphatic rings. The SMILES string of the molecule is CCN1CCN(c2c(Cl)cccc2NC(=O)c2ncc[nH]2)CC1. The highest BCUT2D eigenvalue weighted by atomic mass is 35.5. The largest absolute Gasteiger partial charge is 0.366 e. The van der Waals surface area contributed by atoms with Crippen LogP contribution in [0.5, 0.6) is 0 Å². The number of aromatic amines is 1. The first kappa shape index (κ1) is 15.8. The number of likely N-dealkylation sites (N-methyl/N-ethyl adjacent to an activating group) is 1. The normalized spacial score (nSPS) is 15.7. The van der Waals surface area contributed by atoms with E-state index in [1.54, 1.807) is 12.4 Å². The van der Waals surface area contributed by atoms with Crippen molar-refractivity contribution < 1.29 is 4.79 Å². The van der Waals surface area contributed by atoms with Gasteiger partial charge in [0.1, 0.15) is 0 Å². The van der Waals surface area contributed by atoms with Gasteiger partial charge < -0.3 is 20.1 Å². The van der Waals surface area contributed by atoms with E-state index in [9.17, 15) is 4.79 Å². The van der Waals surface area contributed by atoms with Crippen LogP contribution in [0.15, 0.2) is 30.6 Å². The van der Waals surface area contributed by atoms with Gasteiger partial charge in [-0.2, -0.15) is 0 Å². The lowest BCUT2D eigenvalue weighted by Gasteiger charge is -2.36. The lowest BCUT2D eigenvalue weighted by atomic mass is 10.2. The van der Waals surface area contributed by atoms with E-state index in [4.69, 9.17) is 11.6 Å². The van der Waals surface area contributed by atoms with Gasteiger partial charge in [0, 0.05) is 38.6 Å². The fraction of sp³-hybridized carbons (Fsp3) is 0.375. The van der Waals surface area contributed by atoms with Crippen LogP contribution in [0.25, 0.3) is 0 Å². The minimum atomic E-state index is -0.272. The van der Waals surface area contributed by atoms with Crippen molar-refractivity contribution in [3.05, 3.63) is 41.4 Å². The molecule has 23 heavy (non-hydrogen) atoms. The maximum absolute atomic E-state index is 12.2. The maximum atomic E-state index is 12.2. The molecule has 0 unspecified atom stereocenters. The molecule has 6 nitrogen and oxygen atoms in total. The first-order valence-corrected chi connectivity index (χ1v) is 8.13. The minimum absolute atomic E-state index is 0.272. The predicted octanol–water partition coefficient (Wildman–Crippen LogP) is 2.46. The highest BCUT2D eigenvalue weighted by Crippen LogP contribution is 2.34. The zero-order chi connectivity index (χ0) is 16.2. The van der Waals surface area contributed by atoms with Crippen LogP contribution < -0.4 is 10.2 Å². The van der Waals surface area contributed by atoms with Gasteiger partial charge in [0.05, 0.1) is 16.4 Å². The van der Waals surface area contributed by atoms with Gasteiger partial charge in [0.25, 0.3) is 5.91 Å². The Bertz CT molecular complexity index is 665. The Morgan fingerprint density at radius 3 is 2.78 bits per heavy atom. The van der Waals surface area contributed by atoms with Crippen LogP contribution in [0.4, 0.5) is 11.4 Å². The minimum Gasteiger partial charge on any atom is -0.366 e. The van der Waals surface area contributed by atoms with Crippen LogP contribution in [0.2, 0.25) is 5.02 Å². The summed E-state index contributed by atoms with van der Waals surface area (Å²) in [6.45, 7) is 6.99. The number of carbonyl (C=O) groups excluding carboxylic acids is 1. The van der Waals surface area contributed by atoms with Crippen molar-refractivity contribution in [3.63, 3.8) is 0 Å². The number of hydrogen-bond donors (Lipinski definition) is 2. The molecule has 1 amide bonds. The number of halogens is 1. The number of anilines is 2. The summed E-state index contributed by atoms with van der Waals surface area (Å²) in [5.74, 6) is 0.0115. The van der Waals surface area contributed by atoms with Crippen LogP contribution >= 0.6 is 11.6 Å². The first-order valence-electron chi connectivity index (χ1n) is 7.75. The van der Waals surface area contributed by atoms with E-state index in [1.165, 1.54) is 0 Å². The smallest absolute Gasteiger partial charge is 0.291 e. The summed E-state index contributed by atoms with van der Waals surface area (Å²) in [6.07, 6.45) is 3.18. The zero-order valence-corrected chi connectivity index (χ0v) is 13.8. The summed E-state index contributed by atoms with van der Waals surface area (Å²) < 4.78 is 0. The number of hydrogen-bond acceptors (Lipinski definition) is 4. The number of para-hydroxylation sites is 1. The van der Waals surface area contributed by atoms with Crippen molar-refractivity contribution >= 4 is 28.9 Å². The molecular formula is C16H20ClN5O. The van der Waals surface area contributed by atoms with Crippen LogP contribution in [-0.4, -0.2) is 53.5 Å². The van der Waals surface area contributed by atoms with Gasteiger partial charge in [-0.3, -0.25) is 4.79 Å². The number of nitrogens with one attached hydrogen (secondary N) is 2. The van der Waals surface area contributed by atoms with Gasteiger partial charge in [0.15, 0.2) is 5.82 Å². The average Bonchev–Trinajstić information content (AvgIpc) is 3.10. The summed E-state index contributed by atoms with van der Waals surface area (Å²) in [6, 6.07) is 5.56. The maximum Gasteiger partial charge on any atom is 0.291 e. The van der Waals surface area contributed by atoms with Crippen molar-refractivity contribution in [2.45, 2.75) is 6.92 Å². The molecule has 0 bridgehead atoms. The van der Waals surface area contributed by atoms with Gasteiger partial charge in [-0.05, 0) is 18.7 Å². The molecule has 7 heteroatoms. The number of nitrogens with zero attached hydrogens (tertiary/aromatic N) is 3.